The van der Waals surface area contributed by atoms with Crippen molar-refractivity contribution in [3.63, 3.8) is 0 Å². The summed E-state index contributed by atoms with van der Waals surface area (Å²) in [6, 6.07) is 0. The lowest BCUT2D eigenvalue weighted by molar-refractivity contribution is -0.111. The lowest BCUT2D eigenvalue weighted by Gasteiger charge is -2.10. The van der Waals surface area contributed by atoms with Crippen molar-refractivity contribution >= 4 is 18.7 Å². The van der Waals surface area contributed by atoms with Crippen molar-refractivity contribution in [1.82, 2.24) is 0 Å². The molecule has 1 heterocycles. The second-order valence-electron chi connectivity index (χ2n) is 1.91. The third-order valence-corrected chi connectivity index (χ3v) is 1.37. The molecule has 0 aromatic rings. The van der Waals surface area contributed by atoms with Crippen molar-refractivity contribution in [2.45, 2.75) is 19.0 Å². The number of aliphatic imine (C=N–C) groups is 2. The Kier molecular flexibility index (Phi) is 1.42. The summed E-state index contributed by atoms with van der Waals surface area (Å²) in [7, 11) is 0. The van der Waals surface area contributed by atoms with E-state index in [-0.39, 0.29) is 0 Å². The van der Waals surface area contributed by atoms with Gasteiger partial charge in [0.15, 0.2) is 6.29 Å². The molecule has 3 nitrogen and oxygen atoms in total. The number of nitrogens with zero attached hydrogens (tertiary/aromatic N) is 2. The molecule has 1 aliphatic rings. The molecule has 0 spiro atoms. The first kappa shape index (κ1) is 6.13. The number of rotatable bonds is 2. The average molecular weight is 124 g/mol. The summed E-state index contributed by atoms with van der Waals surface area (Å²) in [6.45, 7) is 1.88. The maximum Gasteiger partial charge on any atom is 0.204 e. The van der Waals surface area contributed by atoms with Crippen molar-refractivity contribution < 1.29 is 4.79 Å². The molecular weight excluding hydrogens is 116 g/mol. The van der Waals surface area contributed by atoms with Crippen LogP contribution in [0, 0.1) is 0 Å². The Balaban J connectivity index is 2.81. The third-order valence-electron chi connectivity index (χ3n) is 1.37. The molecule has 0 aromatic heterocycles. The Bertz CT molecular complexity index is 160. The van der Waals surface area contributed by atoms with Gasteiger partial charge in [-0.3, -0.25) is 14.8 Å². The highest BCUT2D eigenvalue weighted by Gasteiger charge is 2.25. The zero-order valence-corrected chi connectivity index (χ0v) is 5.24. The van der Waals surface area contributed by atoms with Crippen LogP contribution in [0.2, 0.25) is 0 Å². The lowest BCUT2D eigenvalue weighted by atomic mass is 10.2. The molecule has 48 valence electrons. The van der Waals surface area contributed by atoms with Gasteiger partial charge < -0.3 is 0 Å². The second kappa shape index (κ2) is 2.09. The van der Waals surface area contributed by atoms with Crippen LogP contribution in [-0.2, 0) is 4.79 Å². The molecule has 0 N–H and O–H groups in total. The van der Waals surface area contributed by atoms with E-state index in [0.717, 1.165) is 6.29 Å². The van der Waals surface area contributed by atoms with E-state index in [1.54, 1.807) is 12.4 Å². The molecule has 1 rings (SSSR count). The lowest BCUT2D eigenvalue weighted by Crippen LogP contribution is -2.21. The molecule has 0 saturated heterocycles. The van der Waals surface area contributed by atoms with Crippen LogP contribution in [0.25, 0.3) is 0 Å². The van der Waals surface area contributed by atoms with Gasteiger partial charge in [-0.1, -0.05) is 6.92 Å². The van der Waals surface area contributed by atoms with E-state index in [1.807, 2.05) is 6.92 Å². The largest absolute Gasteiger partial charge is 0.298 e. The third kappa shape index (κ3) is 0.896. The van der Waals surface area contributed by atoms with E-state index in [1.165, 1.54) is 0 Å². The highest BCUT2D eigenvalue weighted by Crippen LogP contribution is 2.15. The minimum absolute atomic E-state index is 0.642. The van der Waals surface area contributed by atoms with Gasteiger partial charge in [0.05, 0.1) is 0 Å². The maximum atomic E-state index is 10.3. The summed E-state index contributed by atoms with van der Waals surface area (Å²) in [5.41, 5.74) is -0.764. The Morgan fingerprint density at radius 2 is 2.11 bits per heavy atom. The van der Waals surface area contributed by atoms with Crippen LogP contribution < -0.4 is 0 Å². The summed E-state index contributed by atoms with van der Waals surface area (Å²) < 4.78 is 0. The first-order valence-electron chi connectivity index (χ1n) is 2.88. The second-order valence-corrected chi connectivity index (χ2v) is 1.91. The molecule has 0 aliphatic carbocycles. The Hall–Kier alpha value is -0.990. The Morgan fingerprint density at radius 1 is 1.56 bits per heavy atom. The van der Waals surface area contributed by atoms with Gasteiger partial charge in [0.2, 0.25) is 5.66 Å². The fourth-order valence-corrected chi connectivity index (χ4v) is 0.685. The van der Waals surface area contributed by atoms with Crippen molar-refractivity contribution in [3.8, 4) is 0 Å². The molecular formula is C6H8N2O. The topological polar surface area (TPSA) is 41.8 Å². The minimum Gasteiger partial charge on any atom is -0.298 e. The summed E-state index contributed by atoms with van der Waals surface area (Å²) in [5.74, 6) is 0. The SMILES string of the molecule is CCC1(C=O)N=CC=N1. The van der Waals surface area contributed by atoms with Crippen LogP contribution in [-0.4, -0.2) is 24.4 Å². The van der Waals surface area contributed by atoms with Gasteiger partial charge in [-0.05, 0) is 6.42 Å². The summed E-state index contributed by atoms with van der Waals surface area (Å²) in [5, 5.41) is 0. The number of hydrogen-bond acceptors (Lipinski definition) is 3. The van der Waals surface area contributed by atoms with Crippen molar-refractivity contribution in [2.75, 3.05) is 0 Å². The van der Waals surface area contributed by atoms with E-state index < -0.39 is 5.66 Å². The quantitative estimate of drug-likeness (QED) is 0.492. The van der Waals surface area contributed by atoms with Crippen LogP contribution >= 0.6 is 0 Å². The molecule has 0 saturated carbocycles. The first-order chi connectivity index (χ1) is 4.33. The smallest absolute Gasteiger partial charge is 0.204 e. The van der Waals surface area contributed by atoms with E-state index in [4.69, 9.17) is 0 Å². The van der Waals surface area contributed by atoms with E-state index in [9.17, 15) is 4.79 Å². The Morgan fingerprint density at radius 3 is 2.33 bits per heavy atom. The van der Waals surface area contributed by atoms with Crippen LogP contribution in [0.5, 0.6) is 0 Å². The molecule has 0 amide bonds. The monoisotopic (exact) mass is 124 g/mol. The number of carbonyl (C=O) groups is 1. The Labute approximate surface area is 53.5 Å². The zero-order chi connectivity index (χ0) is 6.74. The fraction of sp³-hybridized carbons (Fsp3) is 0.500. The molecule has 0 bridgehead atoms. The van der Waals surface area contributed by atoms with Crippen LogP contribution in [0.3, 0.4) is 0 Å². The van der Waals surface area contributed by atoms with Crippen molar-refractivity contribution in [1.29, 1.82) is 0 Å². The number of aldehydes is 1. The molecule has 0 aromatic carbocycles. The molecule has 3 heteroatoms. The average Bonchev–Trinajstić information content (AvgIpc) is 2.36. The van der Waals surface area contributed by atoms with Gasteiger partial charge in [-0.15, -0.1) is 0 Å². The predicted molar refractivity (Wildman–Crippen MR) is 36.1 cm³/mol. The number of hydrogen-bond donors (Lipinski definition) is 0. The standard InChI is InChI=1S/C6H8N2O/c1-2-6(5-9)7-3-4-8-6/h3-5H,2H2,1H3. The molecule has 1 aliphatic heterocycles. The molecule has 0 fully saturated rings. The predicted octanol–water partition coefficient (Wildman–Crippen LogP) is 0.447. The van der Waals surface area contributed by atoms with Crippen LogP contribution in [0.1, 0.15) is 13.3 Å². The van der Waals surface area contributed by atoms with E-state index >= 15 is 0 Å². The highest BCUT2D eigenvalue weighted by molar-refractivity contribution is 6.18. The van der Waals surface area contributed by atoms with Gasteiger partial charge in [-0.2, -0.15) is 0 Å². The van der Waals surface area contributed by atoms with E-state index in [0.29, 0.717) is 6.42 Å². The first-order valence-corrected chi connectivity index (χ1v) is 2.88. The van der Waals surface area contributed by atoms with Gasteiger partial charge in [-0.25, -0.2) is 0 Å². The molecule has 9 heavy (non-hydrogen) atoms. The summed E-state index contributed by atoms with van der Waals surface area (Å²) in [4.78, 5) is 18.1. The molecule has 0 unspecified atom stereocenters. The van der Waals surface area contributed by atoms with Gasteiger partial charge in [0, 0.05) is 12.4 Å². The maximum absolute atomic E-state index is 10.3. The van der Waals surface area contributed by atoms with Gasteiger partial charge in [0.25, 0.3) is 0 Å². The number of carbonyl (C=O) groups excluding carboxylic acids is 1. The van der Waals surface area contributed by atoms with Crippen LogP contribution in [0.15, 0.2) is 9.98 Å². The highest BCUT2D eigenvalue weighted by atomic mass is 16.1. The summed E-state index contributed by atoms with van der Waals surface area (Å²) in [6.07, 6.45) is 4.52. The normalized spacial score (nSPS) is 20.6. The molecule has 0 radical (unpaired) electrons. The van der Waals surface area contributed by atoms with Crippen LogP contribution in [0.4, 0.5) is 0 Å². The summed E-state index contributed by atoms with van der Waals surface area (Å²) >= 11 is 0. The van der Waals surface area contributed by atoms with Gasteiger partial charge in [0.1, 0.15) is 0 Å². The van der Waals surface area contributed by atoms with Gasteiger partial charge >= 0.3 is 0 Å². The van der Waals surface area contributed by atoms with Crippen molar-refractivity contribution in [2.24, 2.45) is 9.98 Å². The minimum atomic E-state index is -0.764. The fourth-order valence-electron chi connectivity index (χ4n) is 0.685. The molecule has 0 atom stereocenters. The van der Waals surface area contributed by atoms with E-state index in [2.05, 4.69) is 9.98 Å². The zero-order valence-electron chi connectivity index (χ0n) is 5.24. The van der Waals surface area contributed by atoms with Crippen molar-refractivity contribution in [3.05, 3.63) is 0 Å².